The Bertz CT molecular complexity index is 449. The van der Waals surface area contributed by atoms with Gasteiger partial charge in [0.2, 0.25) is 0 Å². The topological polar surface area (TPSA) is 36.5 Å². The van der Waals surface area contributed by atoms with Crippen LogP contribution in [-0.4, -0.2) is 23.8 Å². The van der Waals surface area contributed by atoms with Crippen molar-refractivity contribution in [2.45, 2.75) is 32.4 Å². The number of nitrogens with one attached hydrogen (secondary N) is 2. The zero-order valence-electron chi connectivity index (χ0n) is 11.7. The minimum Gasteiger partial charge on any atom is -0.497 e. The van der Waals surface area contributed by atoms with Gasteiger partial charge in [-0.1, -0.05) is 25.5 Å². The summed E-state index contributed by atoms with van der Waals surface area (Å²) >= 11 is 5.38. The van der Waals surface area contributed by atoms with Crippen molar-refractivity contribution in [3.63, 3.8) is 0 Å². The van der Waals surface area contributed by atoms with Gasteiger partial charge in [0.25, 0.3) is 0 Å². The Morgan fingerprint density at radius 2 is 2.00 bits per heavy atom. The van der Waals surface area contributed by atoms with Gasteiger partial charge in [0, 0.05) is 6.54 Å². The Morgan fingerprint density at radius 1 is 1.32 bits per heavy atom. The quantitative estimate of drug-likeness (QED) is 0.809. The summed E-state index contributed by atoms with van der Waals surface area (Å²) in [7, 11) is 1.67. The van der Waals surface area contributed by atoms with Crippen LogP contribution in [0, 0.1) is 0 Å². The van der Waals surface area contributed by atoms with Crippen molar-refractivity contribution in [3.05, 3.63) is 29.8 Å². The van der Waals surface area contributed by atoms with Gasteiger partial charge in [-0.15, -0.1) is 0 Å². The molecule has 0 amide bonds. The van der Waals surface area contributed by atoms with E-state index in [1.807, 2.05) is 29.3 Å². The number of hydrazine groups is 1. The molecule has 1 aromatic carbocycles. The second-order valence-electron chi connectivity index (χ2n) is 4.90. The first-order valence-electron chi connectivity index (χ1n) is 6.61. The molecule has 2 rings (SSSR count). The summed E-state index contributed by atoms with van der Waals surface area (Å²) in [5.41, 5.74) is 4.23. The highest BCUT2D eigenvalue weighted by molar-refractivity contribution is 7.80. The van der Waals surface area contributed by atoms with Crippen LogP contribution >= 0.6 is 12.2 Å². The number of nitrogens with zero attached hydrogens (tertiary/aromatic N) is 1. The highest BCUT2D eigenvalue weighted by Gasteiger charge is 2.36. The predicted octanol–water partition coefficient (Wildman–Crippen LogP) is 2.36. The van der Waals surface area contributed by atoms with Crippen LogP contribution in [0.25, 0.3) is 0 Å². The molecule has 19 heavy (non-hydrogen) atoms. The molecule has 0 bridgehead atoms. The summed E-state index contributed by atoms with van der Waals surface area (Å²) in [5.74, 6) is 0.857. The van der Waals surface area contributed by atoms with Crippen molar-refractivity contribution < 1.29 is 4.74 Å². The van der Waals surface area contributed by atoms with E-state index < -0.39 is 0 Å². The van der Waals surface area contributed by atoms with Gasteiger partial charge >= 0.3 is 0 Å². The number of rotatable bonds is 5. The first-order valence-corrected chi connectivity index (χ1v) is 7.02. The summed E-state index contributed by atoms with van der Waals surface area (Å²) in [6.07, 6.45) is 2.27. The van der Waals surface area contributed by atoms with Crippen molar-refractivity contribution >= 4 is 17.3 Å². The maximum Gasteiger partial charge on any atom is 0.185 e. The first kappa shape index (κ1) is 14.1. The lowest BCUT2D eigenvalue weighted by Crippen LogP contribution is -2.45. The van der Waals surface area contributed by atoms with E-state index >= 15 is 0 Å². The second-order valence-corrected chi connectivity index (χ2v) is 5.29. The molecule has 0 spiro atoms. The SMILES string of the molecule is CCCCN1NC(C)(c2ccc(OC)cc2)NC1=S. The summed E-state index contributed by atoms with van der Waals surface area (Å²) in [6.45, 7) is 5.19. The molecule has 0 aliphatic carbocycles. The van der Waals surface area contributed by atoms with Crippen molar-refractivity contribution in [1.29, 1.82) is 0 Å². The van der Waals surface area contributed by atoms with Crippen molar-refractivity contribution in [2.24, 2.45) is 0 Å². The Morgan fingerprint density at radius 3 is 2.58 bits per heavy atom. The molecule has 0 radical (unpaired) electrons. The molecule has 2 N–H and O–H groups in total. The lowest BCUT2D eigenvalue weighted by Gasteiger charge is -2.26. The lowest BCUT2D eigenvalue weighted by molar-refractivity contribution is 0.233. The monoisotopic (exact) mass is 279 g/mol. The Kier molecular flexibility index (Phi) is 4.27. The third kappa shape index (κ3) is 2.98. The average Bonchev–Trinajstić information content (AvgIpc) is 2.72. The molecule has 1 atom stereocenters. The molecular weight excluding hydrogens is 258 g/mol. The van der Waals surface area contributed by atoms with E-state index in [2.05, 4.69) is 24.6 Å². The smallest absolute Gasteiger partial charge is 0.185 e. The molecule has 0 aromatic heterocycles. The van der Waals surface area contributed by atoms with E-state index in [-0.39, 0.29) is 5.66 Å². The predicted molar refractivity (Wildman–Crippen MR) is 80.8 cm³/mol. The van der Waals surface area contributed by atoms with Gasteiger partial charge in [-0.05, 0) is 43.3 Å². The van der Waals surface area contributed by atoms with E-state index in [9.17, 15) is 0 Å². The van der Waals surface area contributed by atoms with Crippen LogP contribution in [0.3, 0.4) is 0 Å². The van der Waals surface area contributed by atoms with Gasteiger partial charge in [-0.25, -0.2) is 5.43 Å². The van der Waals surface area contributed by atoms with Gasteiger partial charge in [-0.3, -0.25) is 5.01 Å². The van der Waals surface area contributed by atoms with E-state index in [1.54, 1.807) is 7.11 Å². The average molecular weight is 279 g/mol. The molecule has 1 fully saturated rings. The molecule has 1 aliphatic rings. The van der Waals surface area contributed by atoms with Gasteiger partial charge in [0.1, 0.15) is 11.4 Å². The van der Waals surface area contributed by atoms with Crippen LogP contribution in [0.5, 0.6) is 5.75 Å². The fourth-order valence-electron chi connectivity index (χ4n) is 2.16. The number of benzene rings is 1. The van der Waals surface area contributed by atoms with Crippen LogP contribution in [-0.2, 0) is 5.66 Å². The first-order chi connectivity index (χ1) is 9.09. The fraction of sp³-hybridized carbons (Fsp3) is 0.500. The Balaban J connectivity index is 2.12. The highest BCUT2D eigenvalue weighted by Crippen LogP contribution is 2.25. The minimum atomic E-state index is -0.350. The van der Waals surface area contributed by atoms with E-state index in [0.29, 0.717) is 0 Å². The van der Waals surface area contributed by atoms with Gasteiger partial charge in [-0.2, -0.15) is 0 Å². The third-order valence-corrected chi connectivity index (χ3v) is 3.69. The van der Waals surface area contributed by atoms with E-state index in [1.165, 1.54) is 0 Å². The lowest BCUT2D eigenvalue weighted by atomic mass is 10.0. The largest absolute Gasteiger partial charge is 0.497 e. The number of hydrogen-bond donors (Lipinski definition) is 2. The van der Waals surface area contributed by atoms with Gasteiger partial charge < -0.3 is 10.1 Å². The van der Waals surface area contributed by atoms with Crippen LogP contribution in [0.2, 0.25) is 0 Å². The van der Waals surface area contributed by atoms with Crippen molar-refractivity contribution in [1.82, 2.24) is 15.8 Å². The zero-order valence-corrected chi connectivity index (χ0v) is 12.5. The van der Waals surface area contributed by atoms with Crippen LogP contribution in [0.1, 0.15) is 32.3 Å². The summed E-state index contributed by atoms with van der Waals surface area (Å²) in [5, 5.41) is 6.12. The molecular formula is C14H21N3OS. The minimum absolute atomic E-state index is 0.350. The summed E-state index contributed by atoms with van der Waals surface area (Å²) in [4.78, 5) is 0. The fourth-order valence-corrected chi connectivity index (χ4v) is 2.51. The van der Waals surface area contributed by atoms with Crippen LogP contribution < -0.4 is 15.5 Å². The maximum absolute atomic E-state index is 5.38. The third-order valence-electron chi connectivity index (χ3n) is 3.36. The van der Waals surface area contributed by atoms with Crippen LogP contribution in [0.4, 0.5) is 0 Å². The zero-order chi connectivity index (χ0) is 13.9. The normalized spacial score (nSPS) is 22.5. The molecule has 1 saturated heterocycles. The molecule has 1 heterocycles. The summed E-state index contributed by atoms with van der Waals surface area (Å²) < 4.78 is 5.18. The number of ether oxygens (including phenoxy) is 1. The number of unbranched alkanes of at least 4 members (excludes halogenated alkanes) is 1. The second kappa shape index (κ2) is 5.75. The Labute approximate surface area is 120 Å². The number of methoxy groups -OCH3 is 1. The maximum atomic E-state index is 5.38. The van der Waals surface area contributed by atoms with Gasteiger partial charge in [0.05, 0.1) is 7.11 Å². The highest BCUT2D eigenvalue weighted by atomic mass is 32.1. The molecule has 1 aliphatic heterocycles. The molecule has 104 valence electrons. The molecule has 1 unspecified atom stereocenters. The standard InChI is InChI=1S/C14H21N3OS/c1-4-5-10-17-13(19)15-14(2,16-17)11-6-8-12(18-3)9-7-11/h6-9,16H,4-5,10H2,1-3H3,(H,15,19). The van der Waals surface area contributed by atoms with E-state index in [0.717, 1.165) is 35.8 Å². The molecule has 4 nitrogen and oxygen atoms in total. The van der Waals surface area contributed by atoms with Crippen LogP contribution in [0.15, 0.2) is 24.3 Å². The van der Waals surface area contributed by atoms with Crippen molar-refractivity contribution in [2.75, 3.05) is 13.7 Å². The number of thiocarbonyl (C=S) groups is 1. The van der Waals surface area contributed by atoms with Crippen molar-refractivity contribution in [3.8, 4) is 5.75 Å². The molecule has 5 heteroatoms. The van der Waals surface area contributed by atoms with E-state index in [4.69, 9.17) is 17.0 Å². The number of hydrogen-bond acceptors (Lipinski definition) is 3. The van der Waals surface area contributed by atoms with Gasteiger partial charge in [0.15, 0.2) is 5.11 Å². The Hall–Kier alpha value is -1.33. The molecule has 0 saturated carbocycles. The summed E-state index contributed by atoms with van der Waals surface area (Å²) in [6, 6.07) is 8.01. The molecule has 1 aromatic rings.